The summed E-state index contributed by atoms with van der Waals surface area (Å²) in [5.41, 5.74) is 5.68. The highest BCUT2D eigenvalue weighted by molar-refractivity contribution is 6.32. The number of hydrogen-bond acceptors (Lipinski definition) is 5. The molecule has 7 heteroatoms. The van der Waals surface area contributed by atoms with Gasteiger partial charge in [-0.05, 0) is 31.7 Å². The molecule has 1 aliphatic carbocycles. The minimum absolute atomic E-state index is 0.0330. The second kappa shape index (κ2) is 7.38. The van der Waals surface area contributed by atoms with Gasteiger partial charge in [0.2, 0.25) is 5.78 Å². The third-order valence-corrected chi connectivity index (χ3v) is 5.36. The molecule has 5 rings (SSSR count). The minimum atomic E-state index is 0.0330. The largest absolute Gasteiger partial charge is 0.351 e. The van der Waals surface area contributed by atoms with Crippen LogP contribution in [-0.4, -0.2) is 33.7 Å². The van der Waals surface area contributed by atoms with Crippen molar-refractivity contribution in [2.75, 3.05) is 11.4 Å². The highest BCUT2D eigenvalue weighted by Crippen LogP contribution is 2.25. The van der Waals surface area contributed by atoms with Gasteiger partial charge in [0.05, 0.1) is 5.69 Å². The zero-order chi connectivity index (χ0) is 19.8. The van der Waals surface area contributed by atoms with Gasteiger partial charge in [0.25, 0.3) is 5.56 Å². The van der Waals surface area contributed by atoms with Crippen molar-refractivity contribution in [3.63, 3.8) is 0 Å². The predicted octanol–water partition coefficient (Wildman–Crippen LogP) is 1.66. The lowest BCUT2D eigenvalue weighted by molar-refractivity contribution is 0.699. The van der Waals surface area contributed by atoms with Gasteiger partial charge in [-0.1, -0.05) is 25.4 Å². The van der Waals surface area contributed by atoms with Crippen LogP contribution in [0.3, 0.4) is 0 Å². The number of fused-ring (bicyclic) bond motifs is 3. The molecule has 0 fully saturated rings. The van der Waals surface area contributed by atoms with Crippen molar-refractivity contribution in [1.82, 2.24) is 19.4 Å². The minimum Gasteiger partial charge on any atom is -0.351 e. The number of hydrogen-bond donors (Lipinski definition) is 0. The summed E-state index contributed by atoms with van der Waals surface area (Å²) in [5.74, 6) is 1.37. The topological polar surface area (TPSA) is 63.4 Å². The van der Waals surface area contributed by atoms with Crippen molar-refractivity contribution in [3.05, 3.63) is 56.9 Å². The van der Waals surface area contributed by atoms with E-state index in [9.17, 15) is 4.79 Å². The second-order valence-corrected chi connectivity index (χ2v) is 7.16. The van der Waals surface area contributed by atoms with Crippen molar-refractivity contribution in [2.45, 2.75) is 53.0 Å². The SMILES string of the molecule is CC.[B]c1cnc2c(c1)CN(c1nc3nc4c(c(=O)n3cc1C)CCC4)CC2. The molecule has 2 radical (unpaired) electrons. The van der Waals surface area contributed by atoms with Crippen molar-refractivity contribution in [3.8, 4) is 0 Å². The molecule has 28 heavy (non-hydrogen) atoms. The number of rotatable bonds is 1. The Hall–Kier alpha value is -2.70. The molecule has 0 N–H and O–H groups in total. The van der Waals surface area contributed by atoms with Gasteiger partial charge in [-0.3, -0.25) is 14.2 Å². The first-order chi connectivity index (χ1) is 13.6. The van der Waals surface area contributed by atoms with E-state index in [-0.39, 0.29) is 5.56 Å². The van der Waals surface area contributed by atoms with Gasteiger partial charge >= 0.3 is 0 Å². The van der Waals surface area contributed by atoms with Crippen LogP contribution in [0.15, 0.2) is 23.3 Å². The Kier molecular flexibility index (Phi) is 4.91. The van der Waals surface area contributed by atoms with Crippen LogP contribution in [0.2, 0.25) is 0 Å². The fourth-order valence-electron chi connectivity index (χ4n) is 4.07. The molecule has 0 amide bonds. The molecule has 0 unspecified atom stereocenters. The van der Waals surface area contributed by atoms with Crippen LogP contribution in [0.1, 0.15) is 48.3 Å². The molecule has 3 aromatic rings. The van der Waals surface area contributed by atoms with E-state index in [2.05, 4.69) is 14.9 Å². The lowest BCUT2D eigenvalue weighted by Crippen LogP contribution is -2.33. The van der Waals surface area contributed by atoms with Crippen LogP contribution in [0.25, 0.3) is 5.78 Å². The molecule has 0 saturated heterocycles. The number of pyridine rings is 1. The van der Waals surface area contributed by atoms with Crippen LogP contribution < -0.4 is 15.9 Å². The molecule has 0 spiro atoms. The quantitative estimate of drug-likeness (QED) is 0.608. The second-order valence-electron chi connectivity index (χ2n) is 7.16. The number of nitrogens with zero attached hydrogens (tertiary/aromatic N) is 5. The summed E-state index contributed by atoms with van der Waals surface area (Å²) in [6, 6.07) is 1.99. The van der Waals surface area contributed by atoms with E-state index in [4.69, 9.17) is 12.8 Å². The van der Waals surface area contributed by atoms with E-state index in [0.29, 0.717) is 17.8 Å². The average Bonchev–Trinajstić information content (AvgIpc) is 3.18. The Bertz CT molecular complexity index is 1110. The van der Waals surface area contributed by atoms with Crippen LogP contribution in [0.4, 0.5) is 5.82 Å². The third-order valence-electron chi connectivity index (χ3n) is 5.36. The average molecular weight is 373 g/mol. The monoisotopic (exact) mass is 373 g/mol. The van der Waals surface area contributed by atoms with Crippen molar-refractivity contribution in [2.24, 2.45) is 0 Å². The van der Waals surface area contributed by atoms with Gasteiger partial charge in [0.15, 0.2) is 0 Å². The first kappa shape index (κ1) is 18.7. The number of anilines is 1. The maximum absolute atomic E-state index is 12.7. The Morgan fingerprint density at radius 2 is 1.93 bits per heavy atom. The molecule has 0 bridgehead atoms. The summed E-state index contributed by atoms with van der Waals surface area (Å²) in [7, 11) is 5.89. The van der Waals surface area contributed by atoms with E-state index < -0.39 is 0 Å². The van der Waals surface area contributed by atoms with Gasteiger partial charge < -0.3 is 4.90 Å². The molecule has 6 nitrogen and oxygen atoms in total. The predicted molar refractivity (Wildman–Crippen MR) is 112 cm³/mol. The first-order valence-electron chi connectivity index (χ1n) is 10.00. The van der Waals surface area contributed by atoms with Crippen LogP contribution in [0, 0.1) is 6.92 Å². The maximum Gasteiger partial charge on any atom is 0.262 e. The maximum atomic E-state index is 12.7. The zero-order valence-corrected chi connectivity index (χ0v) is 16.7. The van der Waals surface area contributed by atoms with E-state index in [0.717, 1.165) is 66.1 Å². The molecule has 4 heterocycles. The summed E-state index contributed by atoms with van der Waals surface area (Å²) >= 11 is 0. The molecule has 0 aromatic carbocycles. The molecule has 3 aromatic heterocycles. The molecule has 2 aliphatic rings. The van der Waals surface area contributed by atoms with Gasteiger partial charge in [-0.15, -0.1) is 0 Å². The summed E-state index contributed by atoms with van der Waals surface area (Å²) in [4.78, 5) is 28.8. The molecule has 0 atom stereocenters. The Morgan fingerprint density at radius 1 is 1.11 bits per heavy atom. The highest BCUT2D eigenvalue weighted by Gasteiger charge is 2.23. The molecular formula is C21H24BN5O. The lowest BCUT2D eigenvalue weighted by Gasteiger charge is -2.30. The lowest BCUT2D eigenvalue weighted by atomic mass is 9.94. The standard InChI is InChI=1S/C19H18BN5O.C2H6/c1-11-9-25-18(26)14-3-2-4-16(14)22-19(25)23-17(11)24-6-5-15-12(10-24)7-13(20)8-21-15;1-2/h7-9H,2-6,10H2,1H3;1-2H3. The zero-order valence-electron chi connectivity index (χ0n) is 16.7. The van der Waals surface area contributed by atoms with E-state index in [1.165, 1.54) is 0 Å². The Morgan fingerprint density at radius 3 is 2.75 bits per heavy atom. The van der Waals surface area contributed by atoms with Gasteiger partial charge in [0.1, 0.15) is 13.7 Å². The van der Waals surface area contributed by atoms with Crippen LogP contribution in [-0.2, 0) is 25.8 Å². The van der Waals surface area contributed by atoms with Gasteiger partial charge in [-0.25, -0.2) is 4.98 Å². The smallest absolute Gasteiger partial charge is 0.262 e. The van der Waals surface area contributed by atoms with Gasteiger partial charge in [-0.2, -0.15) is 4.98 Å². The normalized spacial score (nSPS) is 15.0. The third kappa shape index (κ3) is 3.09. The summed E-state index contributed by atoms with van der Waals surface area (Å²) < 4.78 is 1.60. The number of aryl methyl sites for hydroxylation is 2. The molecule has 142 valence electrons. The van der Waals surface area contributed by atoms with Crippen LogP contribution in [0.5, 0.6) is 0 Å². The summed E-state index contributed by atoms with van der Waals surface area (Å²) in [5, 5.41) is 0. The number of aromatic nitrogens is 4. The Labute approximate surface area is 166 Å². The van der Waals surface area contributed by atoms with Crippen molar-refractivity contribution >= 4 is 24.9 Å². The van der Waals surface area contributed by atoms with Crippen molar-refractivity contribution in [1.29, 1.82) is 0 Å². The molecular weight excluding hydrogens is 349 g/mol. The highest BCUT2D eigenvalue weighted by atomic mass is 16.1. The van der Waals surface area contributed by atoms with E-state index in [1.54, 1.807) is 10.6 Å². The van der Waals surface area contributed by atoms with E-state index in [1.807, 2.05) is 33.0 Å². The molecule has 0 saturated carbocycles. The van der Waals surface area contributed by atoms with Crippen molar-refractivity contribution < 1.29 is 0 Å². The van der Waals surface area contributed by atoms with Gasteiger partial charge in [0, 0.05) is 48.7 Å². The molecule has 1 aliphatic heterocycles. The first-order valence-corrected chi connectivity index (χ1v) is 10.00. The summed E-state index contributed by atoms with van der Waals surface area (Å²) in [6.45, 7) is 7.55. The summed E-state index contributed by atoms with van der Waals surface area (Å²) in [6.07, 6.45) is 7.13. The fraction of sp³-hybridized carbons (Fsp3) is 0.429. The fourth-order valence-corrected chi connectivity index (χ4v) is 4.07. The van der Waals surface area contributed by atoms with E-state index >= 15 is 0 Å². The Balaban J connectivity index is 0.000000932. The van der Waals surface area contributed by atoms with Crippen LogP contribution >= 0.6 is 0 Å².